The van der Waals surface area contributed by atoms with E-state index in [1.165, 1.54) is 25.7 Å². The van der Waals surface area contributed by atoms with Crippen LogP contribution in [0.15, 0.2) is 22.8 Å². The molecule has 1 aromatic heterocycles. The maximum Gasteiger partial charge on any atom is 0.120 e. The topological polar surface area (TPSA) is 25.2 Å². The number of furan rings is 1. The van der Waals surface area contributed by atoms with E-state index in [0.717, 1.165) is 23.5 Å². The lowest BCUT2D eigenvalue weighted by Gasteiger charge is -2.30. The summed E-state index contributed by atoms with van der Waals surface area (Å²) in [5, 5.41) is 3.72. The van der Waals surface area contributed by atoms with Crippen molar-refractivity contribution >= 4 is 0 Å². The van der Waals surface area contributed by atoms with E-state index in [-0.39, 0.29) is 0 Å². The molecule has 0 spiro atoms. The van der Waals surface area contributed by atoms with E-state index in [1.54, 1.807) is 6.26 Å². The zero-order valence-electron chi connectivity index (χ0n) is 10.9. The molecule has 2 bridgehead atoms. The Kier molecular flexibility index (Phi) is 2.99. The van der Waals surface area contributed by atoms with Crippen LogP contribution in [0.5, 0.6) is 0 Å². The van der Waals surface area contributed by atoms with Gasteiger partial charge in [0.25, 0.3) is 0 Å². The molecule has 0 aliphatic heterocycles. The van der Waals surface area contributed by atoms with E-state index in [9.17, 15) is 0 Å². The second-order valence-corrected chi connectivity index (χ2v) is 6.03. The molecule has 2 aliphatic rings. The van der Waals surface area contributed by atoms with E-state index in [2.05, 4.69) is 25.2 Å². The lowest BCUT2D eigenvalue weighted by molar-refractivity contribution is 0.241. The molecule has 0 saturated heterocycles. The zero-order chi connectivity index (χ0) is 11.8. The van der Waals surface area contributed by atoms with Gasteiger partial charge in [0.15, 0.2) is 0 Å². The van der Waals surface area contributed by atoms with Gasteiger partial charge in [-0.3, -0.25) is 0 Å². The van der Waals surface area contributed by atoms with Crippen LogP contribution in [0.3, 0.4) is 0 Å². The Morgan fingerprint density at radius 2 is 2.18 bits per heavy atom. The van der Waals surface area contributed by atoms with E-state index in [0.29, 0.717) is 12.1 Å². The first-order valence-corrected chi connectivity index (χ1v) is 7.03. The molecule has 5 unspecified atom stereocenters. The van der Waals surface area contributed by atoms with Crippen LogP contribution in [-0.4, -0.2) is 6.04 Å². The van der Waals surface area contributed by atoms with Gasteiger partial charge >= 0.3 is 0 Å². The molecule has 2 aliphatic carbocycles. The monoisotopic (exact) mass is 233 g/mol. The lowest BCUT2D eigenvalue weighted by atomic mass is 9.83. The Bertz CT molecular complexity index is 359. The van der Waals surface area contributed by atoms with Gasteiger partial charge in [-0.1, -0.05) is 6.42 Å². The summed E-state index contributed by atoms with van der Waals surface area (Å²) in [5.41, 5.74) is 0. The summed E-state index contributed by atoms with van der Waals surface area (Å²) < 4.78 is 5.46. The third-order valence-electron chi connectivity index (χ3n) is 4.92. The molecule has 0 radical (unpaired) electrons. The quantitative estimate of drug-likeness (QED) is 0.856. The van der Waals surface area contributed by atoms with Crippen LogP contribution in [0.4, 0.5) is 0 Å². The van der Waals surface area contributed by atoms with Crippen LogP contribution in [0.25, 0.3) is 0 Å². The summed E-state index contributed by atoms with van der Waals surface area (Å²) in [6.07, 6.45) is 7.66. The van der Waals surface area contributed by atoms with Crippen LogP contribution in [0, 0.1) is 17.8 Å². The molecule has 1 N–H and O–H groups in total. The fraction of sp³-hybridized carbons (Fsp3) is 0.733. The molecule has 0 aromatic carbocycles. The van der Waals surface area contributed by atoms with Crippen molar-refractivity contribution in [3.8, 4) is 0 Å². The summed E-state index contributed by atoms with van der Waals surface area (Å²) in [6.45, 7) is 4.55. The first-order chi connectivity index (χ1) is 8.24. The number of hydrogen-bond donors (Lipinski definition) is 1. The predicted molar refractivity (Wildman–Crippen MR) is 68.7 cm³/mol. The minimum absolute atomic E-state index is 0.333. The van der Waals surface area contributed by atoms with Crippen LogP contribution in [0.1, 0.15) is 51.3 Å². The Hall–Kier alpha value is -0.760. The molecule has 17 heavy (non-hydrogen) atoms. The summed E-state index contributed by atoms with van der Waals surface area (Å²) in [5.74, 6) is 3.98. The Morgan fingerprint density at radius 1 is 1.29 bits per heavy atom. The van der Waals surface area contributed by atoms with Crippen molar-refractivity contribution < 1.29 is 4.42 Å². The highest BCUT2D eigenvalue weighted by Crippen LogP contribution is 2.49. The third-order valence-corrected chi connectivity index (χ3v) is 4.92. The van der Waals surface area contributed by atoms with Crippen LogP contribution in [-0.2, 0) is 0 Å². The third kappa shape index (κ3) is 2.15. The van der Waals surface area contributed by atoms with Gasteiger partial charge in [0, 0.05) is 6.04 Å². The minimum Gasteiger partial charge on any atom is -0.468 e. The average Bonchev–Trinajstić information content (AvgIpc) is 3.05. The first kappa shape index (κ1) is 11.3. The molecule has 1 aromatic rings. The van der Waals surface area contributed by atoms with Crippen molar-refractivity contribution in [3.05, 3.63) is 24.2 Å². The average molecular weight is 233 g/mol. The summed E-state index contributed by atoms with van der Waals surface area (Å²) in [7, 11) is 0. The van der Waals surface area contributed by atoms with Crippen LogP contribution in [0.2, 0.25) is 0 Å². The second kappa shape index (κ2) is 4.49. The van der Waals surface area contributed by atoms with Crippen molar-refractivity contribution in [2.45, 2.75) is 51.6 Å². The van der Waals surface area contributed by atoms with Crippen molar-refractivity contribution in [2.75, 3.05) is 0 Å². The maximum atomic E-state index is 5.46. The van der Waals surface area contributed by atoms with Crippen molar-refractivity contribution in [3.63, 3.8) is 0 Å². The van der Waals surface area contributed by atoms with E-state index < -0.39 is 0 Å². The van der Waals surface area contributed by atoms with Gasteiger partial charge in [0.2, 0.25) is 0 Å². The Morgan fingerprint density at radius 3 is 2.76 bits per heavy atom. The molecule has 2 heteroatoms. The molecular formula is C15H23NO. The van der Waals surface area contributed by atoms with Gasteiger partial charge < -0.3 is 9.73 Å². The molecule has 2 saturated carbocycles. The van der Waals surface area contributed by atoms with Crippen LogP contribution >= 0.6 is 0 Å². The lowest BCUT2D eigenvalue weighted by Crippen LogP contribution is -2.37. The van der Waals surface area contributed by atoms with E-state index in [1.807, 2.05) is 6.07 Å². The van der Waals surface area contributed by atoms with Crippen molar-refractivity contribution in [2.24, 2.45) is 17.8 Å². The molecule has 2 nitrogen and oxygen atoms in total. The minimum atomic E-state index is 0.333. The van der Waals surface area contributed by atoms with Gasteiger partial charge in [-0.15, -0.1) is 0 Å². The zero-order valence-corrected chi connectivity index (χ0v) is 10.9. The van der Waals surface area contributed by atoms with E-state index in [4.69, 9.17) is 4.42 Å². The van der Waals surface area contributed by atoms with Gasteiger partial charge in [0.05, 0.1) is 12.3 Å². The SMILES string of the molecule is CC(NC(C)C1CC2CCC1C2)c1ccco1. The van der Waals surface area contributed by atoms with Gasteiger partial charge in [-0.05, 0) is 63.0 Å². The largest absolute Gasteiger partial charge is 0.468 e. The van der Waals surface area contributed by atoms with Gasteiger partial charge in [-0.2, -0.15) is 0 Å². The molecule has 1 heterocycles. The highest BCUT2D eigenvalue weighted by Gasteiger charge is 2.41. The number of hydrogen-bond acceptors (Lipinski definition) is 2. The highest BCUT2D eigenvalue weighted by molar-refractivity contribution is 5.04. The number of fused-ring (bicyclic) bond motifs is 2. The fourth-order valence-corrected chi connectivity index (χ4v) is 4.04. The molecule has 5 atom stereocenters. The maximum absolute atomic E-state index is 5.46. The fourth-order valence-electron chi connectivity index (χ4n) is 4.04. The van der Waals surface area contributed by atoms with Gasteiger partial charge in [-0.25, -0.2) is 0 Å². The standard InChI is InChI=1S/C15H23NO/c1-10(14-9-12-5-6-13(14)8-12)16-11(2)15-4-3-7-17-15/h3-4,7,10-14,16H,5-6,8-9H2,1-2H3. The molecule has 3 rings (SSSR count). The van der Waals surface area contributed by atoms with E-state index >= 15 is 0 Å². The summed E-state index contributed by atoms with van der Waals surface area (Å²) >= 11 is 0. The van der Waals surface area contributed by atoms with Crippen LogP contribution < -0.4 is 5.32 Å². The number of rotatable bonds is 4. The summed E-state index contributed by atoms with van der Waals surface area (Å²) in [6, 6.07) is 4.98. The Labute approximate surface area is 104 Å². The Balaban J connectivity index is 1.58. The highest BCUT2D eigenvalue weighted by atomic mass is 16.3. The smallest absolute Gasteiger partial charge is 0.120 e. The second-order valence-electron chi connectivity index (χ2n) is 6.03. The number of nitrogens with one attached hydrogen (secondary N) is 1. The molecule has 0 amide bonds. The molecule has 94 valence electrons. The predicted octanol–water partition coefficient (Wildman–Crippen LogP) is 3.75. The van der Waals surface area contributed by atoms with Crippen molar-refractivity contribution in [1.29, 1.82) is 0 Å². The van der Waals surface area contributed by atoms with Gasteiger partial charge in [0.1, 0.15) is 5.76 Å². The summed E-state index contributed by atoms with van der Waals surface area (Å²) in [4.78, 5) is 0. The first-order valence-electron chi connectivity index (χ1n) is 7.03. The molecule has 2 fully saturated rings. The molecular weight excluding hydrogens is 210 g/mol. The normalized spacial score (nSPS) is 35.1. The van der Waals surface area contributed by atoms with Crippen molar-refractivity contribution in [1.82, 2.24) is 5.32 Å².